The minimum atomic E-state index is -2.56. The molecule has 0 atom stereocenters. The van der Waals surface area contributed by atoms with Gasteiger partial charge in [-0.1, -0.05) is 39.3 Å². The summed E-state index contributed by atoms with van der Waals surface area (Å²) >= 11 is 0. The van der Waals surface area contributed by atoms with Crippen LogP contribution in [0.1, 0.15) is 6.42 Å². The van der Waals surface area contributed by atoms with Crippen LogP contribution in [-0.2, 0) is 13.3 Å². The summed E-state index contributed by atoms with van der Waals surface area (Å²) in [5, 5.41) is 0.337. The maximum atomic E-state index is 6.53. The molecule has 116 valence electrons. The van der Waals surface area contributed by atoms with Gasteiger partial charge in [0.25, 0.3) is 0 Å². The van der Waals surface area contributed by atoms with E-state index in [0.29, 0.717) is 11.9 Å². The molecule has 0 amide bonds. The van der Waals surface area contributed by atoms with Crippen LogP contribution in [0.3, 0.4) is 0 Å². The van der Waals surface area contributed by atoms with Crippen LogP contribution in [0.15, 0.2) is 0 Å². The van der Waals surface area contributed by atoms with Gasteiger partial charge in [0.1, 0.15) is 0 Å². The van der Waals surface area contributed by atoms with Crippen LogP contribution in [0.5, 0.6) is 0 Å². The molecular formula is C12H33NO3Si3. The Morgan fingerprint density at radius 2 is 1.32 bits per heavy atom. The zero-order valence-electron chi connectivity index (χ0n) is 14.0. The predicted octanol–water partition coefficient (Wildman–Crippen LogP) is 2.71. The van der Waals surface area contributed by atoms with Gasteiger partial charge in [0.15, 0.2) is 0 Å². The van der Waals surface area contributed by atoms with Gasteiger partial charge in [0.2, 0.25) is 0 Å². The van der Waals surface area contributed by atoms with E-state index in [-0.39, 0.29) is 0 Å². The Balaban J connectivity index is 5.15. The highest BCUT2D eigenvalue weighted by Crippen LogP contribution is 2.28. The molecule has 0 aliphatic heterocycles. The average Bonchev–Trinajstić information content (AvgIpc) is 2.27. The molecule has 19 heavy (non-hydrogen) atoms. The summed E-state index contributed by atoms with van der Waals surface area (Å²) in [5.41, 5.74) is 5.62. The van der Waals surface area contributed by atoms with Crippen LogP contribution >= 0.6 is 0 Å². The lowest BCUT2D eigenvalue weighted by Crippen LogP contribution is -2.61. The largest absolute Gasteiger partial charge is 0.500 e. The van der Waals surface area contributed by atoms with Gasteiger partial charge in [0.05, 0.1) is 16.1 Å². The Labute approximate surface area is 122 Å². The molecule has 0 aliphatic carbocycles. The van der Waals surface area contributed by atoms with E-state index < -0.39 is 25.0 Å². The Bertz CT molecular complexity index is 246. The van der Waals surface area contributed by atoms with E-state index in [4.69, 9.17) is 19.0 Å². The first-order valence-electron chi connectivity index (χ1n) is 7.00. The summed E-state index contributed by atoms with van der Waals surface area (Å²) in [6.07, 6.45) is 0.887. The molecule has 0 bridgehead atoms. The lowest BCUT2D eigenvalue weighted by atomic mass is 10.5. The van der Waals surface area contributed by atoms with Crippen molar-refractivity contribution in [3.63, 3.8) is 0 Å². The van der Waals surface area contributed by atoms with Crippen LogP contribution in [-0.4, -0.2) is 51.1 Å². The molecule has 0 radical (unpaired) electrons. The van der Waals surface area contributed by atoms with E-state index in [0.717, 1.165) is 12.5 Å². The van der Waals surface area contributed by atoms with Crippen LogP contribution in [0.4, 0.5) is 0 Å². The fourth-order valence-electron chi connectivity index (χ4n) is 2.59. The highest BCUT2D eigenvalue weighted by Gasteiger charge is 2.48. The molecule has 0 aromatic rings. The van der Waals surface area contributed by atoms with Crippen molar-refractivity contribution in [3.8, 4) is 0 Å². The van der Waals surface area contributed by atoms with Gasteiger partial charge >= 0.3 is 8.80 Å². The molecular weight excluding hydrogens is 290 g/mol. The molecule has 0 saturated carbocycles. The smallest absolute Gasteiger partial charge is 0.377 e. The second-order valence-electron chi connectivity index (χ2n) is 7.21. The molecule has 0 fully saturated rings. The number of rotatable bonds is 9. The van der Waals surface area contributed by atoms with E-state index in [2.05, 4.69) is 39.3 Å². The van der Waals surface area contributed by atoms with E-state index >= 15 is 0 Å². The summed E-state index contributed by atoms with van der Waals surface area (Å²) < 4.78 is 17.9. The van der Waals surface area contributed by atoms with E-state index in [9.17, 15) is 0 Å². The third-order valence-corrected chi connectivity index (χ3v) is 15.0. The Hall–Kier alpha value is 0.491. The topological polar surface area (TPSA) is 53.7 Å². The molecule has 0 aromatic heterocycles. The van der Waals surface area contributed by atoms with Crippen molar-refractivity contribution in [3.05, 3.63) is 0 Å². The Morgan fingerprint density at radius 3 is 1.58 bits per heavy atom. The minimum Gasteiger partial charge on any atom is -0.377 e. The monoisotopic (exact) mass is 323 g/mol. The number of nitrogens with two attached hydrogens (primary N) is 1. The van der Waals surface area contributed by atoms with Gasteiger partial charge in [0, 0.05) is 25.6 Å². The van der Waals surface area contributed by atoms with E-state index in [1.807, 2.05) is 0 Å². The minimum absolute atomic E-state index is 0.337. The van der Waals surface area contributed by atoms with E-state index in [1.54, 1.807) is 14.2 Å². The third-order valence-electron chi connectivity index (χ3n) is 3.18. The molecule has 2 N–H and O–H groups in total. The fraction of sp³-hybridized carbons (Fsp3) is 1.00. The van der Waals surface area contributed by atoms with Crippen LogP contribution in [0, 0.1) is 0 Å². The SMILES string of the molecule is CO[Si](CCCN)(OC)OC([Si](C)(C)C)[Si](C)(C)C. The van der Waals surface area contributed by atoms with Gasteiger partial charge in [-0.2, -0.15) is 0 Å². The van der Waals surface area contributed by atoms with Crippen molar-refractivity contribution in [1.82, 2.24) is 0 Å². The Morgan fingerprint density at radius 1 is 0.895 bits per heavy atom. The van der Waals surface area contributed by atoms with Crippen molar-refractivity contribution in [2.75, 3.05) is 20.8 Å². The van der Waals surface area contributed by atoms with Gasteiger partial charge in [-0.3, -0.25) is 0 Å². The second-order valence-corrected chi connectivity index (χ2v) is 21.2. The maximum Gasteiger partial charge on any atom is 0.500 e. The summed E-state index contributed by atoms with van der Waals surface area (Å²) in [7, 11) is -1.99. The van der Waals surface area contributed by atoms with Crippen molar-refractivity contribution in [2.24, 2.45) is 5.73 Å². The molecule has 0 heterocycles. The molecule has 0 aromatic carbocycles. The van der Waals surface area contributed by atoms with Crippen molar-refractivity contribution >= 4 is 25.0 Å². The molecule has 7 heteroatoms. The van der Waals surface area contributed by atoms with Crippen LogP contribution in [0.25, 0.3) is 0 Å². The van der Waals surface area contributed by atoms with Gasteiger partial charge in [-0.05, 0) is 13.0 Å². The third kappa shape index (κ3) is 6.19. The average molecular weight is 324 g/mol. The lowest BCUT2D eigenvalue weighted by molar-refractivity contribution is 0.100. The van der Waals surface area contributed by atoms with Crippen molar-refractivity contribution in [1.29, 1.82) is 0 Å². The summed E-state index contributed by atoms with van der Waals surface area (Å²) in [6, 6.07) is 0.808. The first kappa shape index (κ1) is 19.5. The van der Waals surface area contributed by atoms with Gasteiger partial charge < -0.3 is 19.0 Å². The first-order valence-corrected chi connectivity index (χ1v) is 16.1. The molecule has 0 rings (SSSR count). The standard InChI is InChI=1S/C12H33NO3Si3/c1-14-19(15-2,11-9-10-13)16-12(17(3,4)5)18(6,7)8/h12H,9-11,13H2,1-8H3. The fourth-order valence-corrected chi connectivity index (χ4v) is 18.8. The lowest BCUT2D eigenvalue weighted by Gasteiger charge is -2.42. The molecule has 4 nitrogen and oxygen atoms in total. The number of hydrogen-bond acceptors (Lipinski definition) is 4. The van der Waals surface area contributed by atoms with Crippen LogP contribution < -0.4 is 5.73 Å². The summed E-state index contributed by atoms with van der Waals surface area (Å²) in [6.45, 7) is 14.8. The van der Waals surface area contributed by atoms with Gasteiger partial charge in [-0.15, -0.1) is 0 Å². The second kappa shape index (κ2) is 7.49. The predicted molar refractivity (Wildman–Crippen MR) is 89.8 cm³/mol. The van der Waals surface area contributed by atoms with E-state index in [1.165, 1.54) is 0 Å². The number of hydrogen-bond donors (Lipinski definition) is 1. The Kier molecular flexibility index (Phi) is 7.68. The van der Waals surface area contributed by atoms with Crippen LogP contribution in [0.2, 0.25) is 45.3 Å². The van der Waals surface area contributed by atoms with Crippen molar-refractivity contribution < 1.29 is 13.3 Å². The molecule has 0 aliphatic rings. The van der Waals surface area contributed by atoms with Crippen molar-refractivity contribution in [2.45, 2.75) is 57.1 Å². The summed E-state index contributed by atoms with van der Waals surface area (Å²) in [5.74, 6) is 0. The highest BCUT2D eigenvalue weighted by molar-refractivity contribution is 6.96. The normalized spacial score (nSPS) is 14.2. The van der Waals surface area contributed by atoms with Gasteiger partial charge in [-0.25, -0.2) is 0 Å². The highest BCUT2D eigenvalue weighted by atomic mass is 28.4. The quantitative estimate of drug-likeness (QED) is 0.663. The molecule has 0 spiro atoms. The zero-order valence-corrected chi connectivity index (χ0v) is 17.0. The maximum absolute atomic E-state index is 6.53. The summed E-state index contributed by atoms with van der Waals surface area (Å²) in [4.78, 5) is 0. The first-order chi connectivity index (χ1) is 8.52. The molecule has 0 saturated heterocycles. The molecule has 0 unspecified atom stereocenters. The zero-order chi connectivity index (χ0) is 15.3.